The minimum Gasteiger partial charge on any atom is -0.339 e. The number of carbonyl (C=O) groups is 1. The maximum atomic E-state index is 11.8. The number of hydrogen-bond donors (Lipinski definition) is 1. The van der Waals surface area contributed by atoms with Gasteiger partial charge in [0, 0.05) is 37.6 Å². The van der Waals surface area contributed by atoms with Gasteiger partial charge in [0.05, 0.1) is 6.54 Å². The van der Waals surface area contributed by atoms with Crippen molar-refractivity contribution in [1.82, 2.24) is 15.1 Å². The number of hydrogen-bond acceptors (Lipinski definition) is 4. The maximum absolute atomic E-state index is 11.8. The number of likely N-dealkylation sites (N-methyl/N-ethyl adjacent to an activating group) is 1. The van der Waals surface area contributed by atoms with E-state index in [0.29, 0.717) is 6.54 Å². The fourth-order valence-corrected chi connectivity index (χ4v) is 2.87. The molecule has 2 heterocycles. The number of amides is 1. The van der Waals surface area contributed by atoms with Crippen LogP contribution in [0.4, 0.5) is 0 Å². The van der Waals surface area contributed by atoms with Gasteiger partial charge >= 0.3 is 0 Å². The second-order valence-corrected chi connectivity index (χ2v) is 5.55. The van der Waals surface area contributed by atoms with Crippen LogP contribution >= 0.6 is 11.3 Å². The van der Waals surface area contributed by atoms with E-state index in [4.69, 9.17) is 0 Å². The lowest BCUT2D eigenvalue weighted by Gasteiger charge is -2.34. The highest BCUT2D eigenvalue weighted by atomic mass is 32.1. The molecule has 18 heavy (non-hydrogen) atoms. The minimum atomic E-state index is 0.229. The van der Waals surface area contributed by atoms with E-state index in [0.717, 1.165) is 39.3 Å². The second-order valence-electron chi connectivity index (χ2n) is 4.52. The average molecular weight is 267 g/mol. The van der Waals surface area contributed by atoms with E-state index < -0.39 is 0 Å². The monoisotopic (exact) mass is 267 g/mol. The van der Waals surface area contributed by atoms with Gasteiger partial charge in [0.2, 0.25) is 5.91 Å². The van der Waals surface area contributed by atoms with Crippen molar-refractivity contribution >= 4 is 17.2 Å². The Morgan fingerprint density at radius 2 is 2.17 bits per heavy atom. The molecule has 0 bridgehead atoms. The van der Waals surface area contributed by atoms with Crippen molar-refractivity contribution in [2.75, 3.05) is 39.3 Å². The van der Waals surface area contributed by atoms with Crippen molar-refractivity contribution in [1.29, 1.82) is 0 Å². The van der Waals surface area contributed by atoms with Gasteiger partial charge in [-0.3, -0.25) is 9.69 Å². The molecule has 0 unspecified atom stereocenters. The Kier molecular flexibility index (Phi) is 5.16. The van der Waals surface area contributed by atoms with Crippen LogP contribution in [0.15, 0.2) is 17.5 Å². The molecular weight excluding hydrogens is 246 g/mol. The van der Waals surface area contributed by atoms with Gasteiger partial charge in [0.1, 0.15) is 0 Å². The molecule has 0 aliphatic carbocycles. The number of carbonyl (C=O) groups excluding carboxylic acids is 1. The fourth-order valence-electron chi connectivity index (χ4n) is 2.12. The van der Waals surface area contributed by atoms with E-state index in [1.807, 2.05) is 11.8 Å². The first kappa shape index (κ1) is 13.5. The summed E-state index contributed by atoms with van der Waals surface area (Å²) in [5, 5.41) is 5.21. The van der Waals surface area contributed by atoms with Crippen LogP contribution in [-0.4, -0.2) is 55.0 Å². The summed E-state index contributed by atoms with van der Waals surface area (Å²) in [6.45, 7) is 8.04. The van der Waals surface area contributed by atoms with Crippen LogP contribution in [0.5, 0.6) is 0 Å². The highest BCUT2D eigenvalue weighted by Gasteiger charge is 2.20. The van der Waals surface area contributed by atoms with Gasteiger partial charge in [-0.05, 0) is 18.0 Å². The number of nitrogens with zero attached hydrogens (tertiary/aromatic N) is 2. The largest absolute Gasteiger partial charge is 0.339 e. The van der Waals surface area contributed by atoms with Gasteiger partial charge in [-0.1, -0.05) is 13.0 Å². The summed E-state index contributed by atoms with van der Waals surface area (Å²) in [5.41, 5.74) is 0. The first-order valence-electron chi connectivity index (χ1n) is 6.53. The van der Waals surface area contributed by atoms with Crippen molar-refractivity contribution in [3.05, 3.63) is 22.4 Å². The molecule has 1 saturated heterocycles. The molecule has 1 aromatic rings. The van der Waals surface area contributed by atoms with Crippen LogP contribution < -0.4 is 5.32 Å². The Balaban J connectivity index is 1.72. The molecule has 4 nitrogen and oxygen atoms in total. The summed E-state index contributed by atoms with van der Waals surface area (Å²) >= 11 is 1.80. The van der Waals surface area contributed by atoms with Crippen LogP contribution in [0.25, 0.3) is 0 Å². The molecule has 0 spiro atoms. The average Bonchev–Trinajstić information content (AvgIpc) is 2.89. The van der Waals surface area contributed by atoms with Crippen LogP contribution in [0, 0.1) is 0 Å². The zero-order valence-electron chi connectivity index (χ0n) is 10.9. The van der Waals surface area contributed by atoms with E-state index in [2.05, 4.69) is 27.7 Å². The molecule has 5 heteroatoms. The van der Waals surface area contributed by atoms with E-state index in [9.17, 15) is 4.79 Å². The number of thiophene rings is 1. The number of nitrogens with one attached hydrogen (secondary N) is 1. The molecule has 100 valence electrons. The van der Waals surface area contributed by atoms with Crippen molar-refractivity contribution < 1.29 is 4.79 Å². The lowest BCUT2D eigenvalue weighted by molar-refractivity contribution is -0.132. The molecular formula is C13H21N3OS. The quantitative estimate of drug-likeness (QED) is 0.864. The maximum Gasteiger partial charge on any atom is 0.236 e. The molecule has 1 aliphatic heterocycles. The third-order valence-corrected chi connectivity index (χ3v) is 4.07. The van der Waals surface area contributed by atoms with Crippen molar-refractivity contribution in [2.24, 2.45) is 0 Å². The molecule has 0 radical (unpaired) electrons. The molecule has 1 N–H and O–H groups in total. The second kappa shape index (κ2) is 6.87. The van der Waals surface area contributed by atoms with E-state index in [-0.39, 0.29) is 5.91 Å². The first-order chi connectivity index (χ1) is 8.79. The Morgan fingerprint density at radius 3 is 2.78 bits per heavy atom. The Labute approximate surface area is 113 Å². The topological polar surface area (TPSA) is 35.6 Å². The molecule has 1 amide bonds. The SMILES string of the molecule is CCNCC(=O)N1CCN(Cc2cccs2)CC1. The number of piperazine rings is 1. The van der Waals surface area contributed by atoms with E-state index in [1.165, 1.54) is 4.88 Å². The van der Waals surface area contributed by atoms with E-state index >= 15 is 0 Å². The van der Waals surface area contributed by atoms with Crippen molar-refractivity contribution in [2.45, 2.75) is 13.5 Å². The number of rotatable bonds is 5. The van der Waals surface area contributed by atoms with Gasteiger partial charge in [-0.15, -0.1) is 11.3 Å². The normalized spacial score (nSPS) is 17.1. The van der Waals surface area contributed by atoms with Crippen LogP contribution in [0.2, 0.25) is 0 Å². The van der Waals surface area contributed by atoms with Gasteiger partial charge in [-0.25, -0.2) is 0 Å². The molecule has 0 saturated carbocycles. The van der Waals surface area contributed by atoms with Gasteiger partial charge in [-0.2, -0.15) is 0 Å². The Morgan fingerprint density at radius 1 is 1.39 bits per heavy atom. The van der Waals surface area contributed by atoms with Gasteiger partial charge in [0.25, 0.3) is 0 Å². The molecule has 1 fully saturated rings. The lowest BCUT2D eigenvalue weighted by atomic mass is 10.3. The summed E-state index contributed by atoms with van der Waals surface area (Å²) in [5.74, 6) is 0.229. The van der Waals surface area contributed by atoms with Crippen LogP contribution in [-0.2, 0) is 11.3 Å². The summed E-state index contributed by atoms with van der Waals surface area (Å²) in [6, 6.07) is 4.27. The van der Waals surface area contributed by atoms with Gasteiger partial charge in [0.15, 0.2) is 0 Å². The standard InChI is InChI=1S/C13H21N3OS/c1-2-14-10-13(17)16-7-5-15(6-8-16)11-12-4-3-9-18-12/h3-4,9,14H,2,5-8,10-11H2,1H3. The van der Waals surface area contributed by atoms with Gasteiger partial charge < -0.3 is 10.2 Å². The smallest absolute Gasteiger partial charge is 0.236 e. The summed E-state index contributed by atoms with van der Waals surface area (Å²) in [7, 11) is 0. The third kappa shape index (κ3) is 3.80. The summed E-state index contributed by atoms with van der Waals surface area (Å²) < 4.78 is 0. The van der Waals surface area contributed by atoms with Crippen LogP contribution in [0.1, 0.15) is 11.8 Å². The van der Waals surface area contributed by atoms with E-state index in [1.54, 1.807) is 11.3 Å². The minimum absolute atomic E-state index is 0.229. The Bertz CT molecular complexity index is 358. The van der Waals surface area contributed by atoms with Crippen LogP contribution in [0.3, 0.4) is 0 Å². The van der Waals surface area contributed by atoms with Crippen molar-refractivity contribution in [3.8, 4) is 0 Å². The molecule has 0 atom stereocenters. The first-order valence-corrected chi connectivity index (χ1v) is 7.41. The van der Waals surface area contributed by atoms with Crippen molar-refractivity contribution in [3.63, 3.8) is 0 Å². The fraction of sp³-hybridized carbons (Fsp3) is 0.615. The zero-order chi connectivity index (χ0) is 12.8. The predicted molar refractivity (Wildman–Crippen MR) is 74.7 cm³/mol. The summed E-state index contributed by atoms with van der Waals surface area (Å²) in [4.78, 5) is 17.6. The molecule has 0 aromatic carbocycles. The third-order valence-electron chi connectivity index (χ3n) is 3.21. The molecule has 1 aliphatic rings. The lowest BCUT2D eigenvalue weighted by Crippen LogP contribution is -2.50. The summed E-state index contributed by atoms with van der Waals surface area (Å²) in [6.07, 6.45) is 0. The molecule has 1 aromatic heterocycles. The predicted octanol–water partition coefficient (Wildman–Crippen LogP) is 1.00. The molecule has 2 rings (SSSR count). The Hall–Kier alpha value is -0.910. The highest BCUT2D eigenvalue weighted by Crippen LogP contribution is 2.13. The zero-order valence-corrected chi connectivity index (χ0v) is 11.7. The highest BCUT2D eigenvalue weighted by molar-refractivity contribution is 7.09.